The largest absolute Gasteiger partial charge is 0.349 e. The van der Waals surface area contributed by atoms with Gasteiger partial charge < -0.3 is 10.6 Å². The summed E-state index contributed by atoms with van der Waals surface area (Å²) in [7, 11) is -3.70. The van der Waals surface area contributed by atoms with Gasteiger partial charge in [-0.05, 0) is 99.5 Å². The molecule has 0 radical (unpaired) electrons. The Morgan fingerprint density at radius 2 is 1.62 bits per heavy atom. The van der Waals surface area contributed by atoms with Crippen molar-refractivity contribution in [1.29, 1.82) is 0 Å². The maximum atomic E-state index is 13.3. The van der Waals surface area contributed by atoms with Crippen LogP contribution in [0.1, 0.15) is 57.8 Å². The molecule has 0 aromatic heterocycles. The number of hydrogen-bond donors (Lipinski definition) is 2. The number of benzene rings is 1. The van der Waals surface area contributed by atoms with Crippen molar-refractivity contribution in [3.63, 3.8) is 0 Å². The second kappa shape index (κ2) is 9.11. The zero-order valence-electron chi connectivity index (χ0n) is 19.7. The van der Waals surface area contributed by atoms with Gasteiger partial charge in [0.2, 0.25) is 21.8 Å². The molecule has 2 amide bonds. The topological polar surface area (TPSA) is 95.6 Å². The Hall–Kier alpha value is -2.19. The van der Waals surface area contributed by atoms with Crippen LogP contribution in [0, 0.1) is 23.2 Å². The first-order chi connectivity index (χ1) is 16.3. The maximum absolute atomic E-state index is 13.3. The summed E-state index contributed by atoms with van der Waals surface area (Å²) in [6.45, 7) is 4.14. The number of carbonyl (C=O) groups excluding carboxylic acids is 2. The van der Waals surface area contributed by atoms with Crippen LogP contribution in [0.25, 0.3) is 0 Å². The van der Waals surface area contributed by atoms with Crippen molar-refractivity contribution in [1.82, 2.24) is 9.62 Å². The molecule has 1 aromatic rings. The first kappa shape index (κ1) is 23.5. The minimum atomic E-state index is -3.70. The summed E-state index contributed by atoms with van der Waals surface area (Å²) < 4.78 is 28.1. The van der Waals surface area contributed by atoms with Crippen LogP contribution in [-0.4, -0.2) is 43.7 Å². The van der Waals surface area contributed by atoms with E-state index in [0.717, 1.165) is 38.5 Å². The number of sulfonamides is 1. The average molecular weight is 486 g/mol. The number of nitrogens with one attached hydrogen (secondary N) is 2. The minimum Gasteiger partial charge on any atom is -0.349 e. The second-order valence-electron chi connectivity index (χ2n) is 10.9. The molecule has 5 fully saturated rings. The van der Waals surface area contributed by atoms with Crippen LogP contribution in [0.5, 0.6) is 0 Å². The first-order valence-electron chi connectivity index (χ1n) is 12.6. The summed E-state index contributed by atoms with van der Waals surface area (Å²) >= 11 is 0. The number of hydrogen-bond acceptors (Lipinski definition) is 4. The van der Waals surface area contributed by atoms with E-state index in [2.05, 4.69) is 17.2 Å². The van der Waals surface area contributed by atoms with Crippen molar-refractivity contribution >= 4 is 27.5 Å². The summed E-state index contributed by atoms with van der Waals surface area (Å²) in [5, 5.41) is 5.93. The molecule has 0 spiro atoms. The Kier molecular flexibility index (Phi) is 6.31. The molecule has 5 aliphatic rings. The van der Waals surface area contributed by atoms with Gasteiger partial charge in [-0.3, -0.25) is 9.59 Å². The number of anilines is 1. The molecule has 4 saturated carbocycles. The maximum Gasteiger partial charge on any atom is 0.243 e. The first-order valence-corrected chi connectivity index (χ1v) is 14.1. The molecule has 1 saturated heterocycles. The predicted molar refractivity (Wildman–Crippen MR) is 130 cm³/mol. The SMILES string of the molecule is C=CC(=O)NC1CCCCN(S(=O)(=O)c2ccc(NC(=O)C34CC5CC(CC(C5)C3)C4)cc2)C1. The highest BCUT2D eigenvalue weighted by Gasteiger charge is 2.54. The van der Waals surface area contributed by atoms with E-state index in [0.29, 0.717) is 30.0 Å². The van der Waals surface area contributed by atoms with E-state index in [4.69, 9.17) is 0 Å². The highest BCUT2D eigenvalue weighted by molar-refractivity contribution is 7.89. The lowest BCUT2D eigenvalue weighted by Crippen LogP contribution is -2.51. The molecule has 4 aliphatic carbocycles. The van der Waals surface area contributed by atoms with Gasteiger partial charge in [-0.2, -0.15) is 4.31 Å². The standard InChI is InChI=1S/C26H35N3O4S/c1-2-24(30)27-22-5-3-4-10-29(17-22)34(32,33)23-8-6-21(7-9-23)28-25(31)26-14-18-11-19(15-26)13-20(12-18)16-26/h2,6-9,18-20,22H,1,3-5,10-17H2,(H,27,30)(H,28,31). The Morgan fingerprint density at radius 1 is 1.00 bits per heavy atom. The van der Waals surface area contributed by atoms with Crippen molar-refractivity contribution in [2.24, 2.45) is 23.2 Å². The van der Waals surface area contributed by atoms with E-state index in [1.54, 1.807) is 24.3 Å². The quantitative estimate of drug-likeness (QED) is 0.601. The molecule has 1 unspecified atom stereocenters. The molecule has 1 heterocycles. The van der Waals surface area contributed by atoms with Gasteiger partial charge in [-0.15, -0.1) is 0 Å². The van der Waals surface area contributed by atoms with Crippen molar-refractivity contribution in [3.8, 4) is 0 Å². The zero-order valence-corrected chi connectivity index (χ0v) is 20.5. The van der Waals surface area contributed by atoms with Crippen LogP contribution in [0.4, 0.5) is 5.69 Å². The van der Waals surface area contributed by atoms with Gasteiger partial charge in [0.25, 0.3) is 0 Å². The summed E-state index contributed by atoms with van der Waals surface area (Å²) in [4.78, 5) is 25.2. The third kappa shape index (κ3) is 4.54. The Morgan fingerprint density at radius 3 is 2.21 bits per heavy atom. The normalized spacial score (nSPS) is 33.2. The van der Waals surface area contributed by atoms with Gasteiger partial charge in [0, 0.05) is 24.8 Å². The molecular weight excluding hydrogens is 450 g/mol. The molecule has 184 valence electrons. The fourth-order valence-corrected chi connectivity index (χ4v) is 8.74. The Bertz CT molecular complexity index is 1030. The molecule has 6 rings (SSSR count). The number of nitrogens with zero attached hydrogens (tertiary/aromatic N) is 1. The zero-order chi connectivity index (χ0) is 23.9. The summed E-state index contributed by atoms with van der Waals surface area (Å²) in [6.07, 6.45) is 10.4. The second-order valence-corrected chi connectivity index (χ2v) is 12.9. The molecule has 2 N–H and O–H groups in total. The highest BCUT2D eigenvalue weighted by atomic mass is 32.2. The lowest BCUT2D eigenvalue weighted by Gasteiger charge is -2.55. The van der Waals surface area contributed by atoms with E-state index in [9.17, 15) is 18.0 Å². The number of rotatable bonds is 6. The number of amides is 2. The monoisotopic (exact) mass is 485 g/mol. The van der Waals surface area contributed by atoms with Crippen LogP contribution in [0.15, 0.2) is 41.8 Å². The van der Waals surface area contributed by atoms with Gasteiger partial charge >= 0.3 is 0 Å². The molecule has 7 nitrogen and oxygen atoms in total. The highest BCUT2D eigenvalue weighted by Crippen LogP contribution is 2.60. The Labute approximate surface area is 202 Å². The van der Waals surface area contributed by atoms with Crippen LogP contribution in [0.2, 0.25) is 0 Å². The smallest absolute Gasteiger partial charge is 0.243 e. The van der Waals surface area contributed by atoms with Gasteiger partial charge in [0.05, 0.1) is 10.3 Å². The molecule has 8 heteroatoms. The summed E-state index contributed by atoms with van der Waals surface area (Å²) in [5.74, 6) is 1.90. The van der Waals surface area contributed by atoms with Gasteiger partial charge in [-0.1, -0.05) is 13.0 Å². The van der Waals surface area contributed by atoms with Crippen molar-refractivity contribution in [2.45, 2.75) is 68.7 Å². The molecule has 1 aromatic carbocycles. The van der Waals surface area contributed by atoms with Gasteiger partial charge in [0.1, 0.15) is 0 Å². The van der Waals surface area contributed by atoms with Gasteiger partial charge in [0.15, 0.2) is 0 Å². The third-order valence-corrected chi connectivity index (χ3v) is 10.3. The number of carbonyl (C=O) groups is 2. The van der Waals surface area contributed by atoms with E-state index >= 15 is 0 Å². The minimum absolute atomic E-state index is 0.107. The van der Waals surface area contributed by atoms with Crippen LogP contribution in [0.3, 0.4) is 0 Å². The third-order valence-electron chi connectivity index (χ3n) is 8.44. The predicted octanol–water partition coefficient (Wildman–Crippen LogP) is 3.69. The summed E-state index contributed by atoms with van der Waals surface area (Å²) in [6, 6.07) is 6.31. The van der Waals surface area contributed by atoms with Crippen LogP contribution >= 0.6 is 0 Å². The summed E-state index contributed by atoms with van der Waals surface area (Å²) in [5.41, 5.74) is 0.405. The van der Waals surface area contributed by atoms with Crippen molar-refractivity contribution in [3.05, 3.63) is 36.9 Å². The van der Waals surface area contributed by atoms with E-state index in [1.165, 1.54) is 29.6 Å². The average Bonchev–Trinajstić information content (AvgIpc) is 3.04. The lowest BCUT2D eigenvalue weighted by molar-refractivity contribution is -0.140. The fourth-order valence-electron chi connectivity index (χ4n) is 7.22. The van der Waals surface area contributed by atoms with Gasteiger partial charge in [-0.25, -0.2) is 8.42 Å². The molecule has 1 atom stereocenters. The van der Waals surface area contributed by atoms with E-state index < -0.39 is 10.0 Å². The molecule has 34 heavy (non-hydrogen) atoms. The van der Waals surface area contributed by atoms with Crippen LogP contribution < -0.4 is 10.6 Å². The van der Waals surface area contributed by atoms with Crippen molar-refractivity contribution in [2.75, 3.05) is 18.4 Å². The molecule has 1 aliphatic heterocycles. The van der Waals surface area contributed by atoms with E-state index in [-0.39, 0.29) is 34.7 Å². The lowest BCUT2D eigenvalue weighted by atomic mass is 9.49. The fraction of sp³-hybridized carbons (Fsp3) is 0.615. The van der Waals surface area contributed by atoms with Crippen molar-refractivity contribution < 1.29 is 18.0 Å². The molecule has 4 bridgehead atoms. The van der Waals surface area contributed by atoms with E-state index in [1.807, 2.05) is 0 Å². The Balaban J connectivity index is 1.26. The van der Waals surface area contributed by atoms with Crippen LogP contribution in [-0.2, 0) is 19.6 Å². The molecular formula is C26H35N3O4S.